The Kier molecular flexibility index (Phi) is 2.04. The zero-order chi connectivity index (χ0) is 10.8. The minimum absolute atomic E-state index is 0.612. The number of benzene rings is 1. The summed E-state index contributed by atoms with van der Waals surface area (Å²) in [6.07, 6.45) is 7.66. The average Bonchev–Trinajstić information content (AvgIpc) is 2.39. The lowest BCUT2D eigenvalue weighted by Crippen LogP contribution is -1.91. The maximum Gasteiger partial charge on any atom is 0.119 e. The highest BCUT2D eigenvalue weighted by Gasteiger charge is 2.03. The Morgan fingerprint density at radius 3 is 2.62 bits per heavy atom. The molecule has 3 aromatic rings. The van der Waals surface area contributed by atoms with Gasteiger partial charge < -0.3 is 0 Å². The molecule has 2 aromatic heterocycles. The molecule has 4 nitrogen and oxygen atoms in total. The van der Waals surface area contributed by atoms with Gasteiger partial charge in [0.15, 0.2) is 0 Å². The third kappa shape index (κ3) is 1.50. The Balaban J connectivity index is 2.19. The number of aromatic nitrogens is 4. The second-order valence-corrected chi connectivity index (χ2v) is 3.26. The molecule has 0 spiro atoms. The van der Waals surface area contributed by atoms with Crippen LogP contribution in [0.3, 0.4) is 0 Å². The van der Waals surface area contributed by atoms with Gasteiger partial charge in [0, 0.05) is 12.4 Å². The summed E-state index contributed by atoms with van der Waals surface area (Å²) in [6.45, 7) is 0. The number of para-hydroxylation sites is 2. The van der Waals surface area contributed by atoms with Crippen LogP contribution in [0.2, 0.25) is 0 Å². The van der Waals surface area contributed by atoms with Crippen LogP contribution < -0.4 is 0 Å². The van der Waals surface area contributed by atoms with E-state index in [-0.39, 0.29) is 0 Å². The lowest BCUT2D eigenvalue weighted by atomic mass is 10.2. The van der Waals surface area contributed by atoms with Crippen molar-refractivity contribution < 1.29 is 0 Å². The van der Waals surface area contributed by atoms with Gasteiger partial charge in [-0.3, -0.25) is 15.0 Å². The van der Waals surface area contributed by atoms with Crippen molar-refractivity contribution in [2.24, 2.45) is 0 Å². The van der Waals surface area contributed by atoms with Gasteiger partial charge in [0.1, 0.15) is 17.6 Å². The van der Waals surface area contributed by atoms with Gasteiger partial charge in [0.25, 0.3) is 0 Å². The van der Waals surface area contributed by atoms with Crippen LogP contribution >= 0.6 is 0 Å². The zero-order valence-electron chi connectivity index (χ0n) is 8.33. The Morgan fingerprint density at radius 2 is 1.81 bits per heavy atom. The Labute approximate surface area is 92.0 Å². The topological polar surface area (TPSA) is 51.6 Å². The van der Waals surface area contributed by atoms with Crippen LogP contribution in [0.1, 0.15) is 0 Å². The lowest BCUT2D eigenvalue weighted by Gasteiger charge is -2.00. The summed E-state index contributed by atoms with van der Waals surface area (Å²) >= 11 is 0. The quantitative estimate of drug-likeness (QED) is 0.611. The Morgan fingerprint density at radius 1 is 0.938 bits per heavy atom. The summed E-state index contributed by atoms with van der Waals surface area (Å²) < 4.78 is 0. The molecule has 0 fully saturated rings. The highest BCUT2D eigenvalue weighted by atomic mass is 14.9. The smallest absolute Gasteiger partial charge is 0.119 e. The van der Waals surface area contributed by atoms with E-state index in [2.05, 4.69) is 26.1 Å². The van der Waals surface area contributed by atoms with Crippen molar-refractivity contribution >= 4 is 11.0 Å². The largest absolute Gasteiger partial charge is 0.252 e. The normalized spacial score (nSPS) is 10.5. The molecule has 3 rings (SSSR count). The van der Waals surface area contributed by atoms with E-state index in [1.54, 1.807) is 18.6 Å². The van der Waals surface area contributed by atoms with Gasteiger partial charge in [0.05, 0.1) is 17.2 Å². The van der Waals surface area contributed by atoms with Crippen LogP contribution in [0.15, 0.2) is 42.9 Å². The van der Waals surface area contributed by atoms with E-state index in [4.69, 9.17) is 0 Å². The second-order valence-electron chi connectivity index (χ2n) is 3.26. The SMILES string of the molecule is [c]1nccnc1-c1cnc2ccccc2n1. The molecule has 16 heavy (non-hydrogen) atoms. The third-order valence-corrected chi connectivity index (χ3v) is 2.21. The molecule has 0 amide bonds. The summed E-state index contributed by atoms with van der Waals surface area (Å²) in [5.74, 6) is 0. The molecule has 0 aliphatic carbocycles. The molecule has 1 aromatic carbocycles. The number of fused-ring (bicyclic) bond motifs is 1. The van der Waals surface area contributed by atoms with Crippen LogP contribution in [0.5, 0.6) is 0 Å². The van der Waals surface area contributed by atoms with Crippen molar-refractivity contribution in [2.75, 3.05) is 0 Å². The summed E-state index contributed by atoms with van der Waals surface area (Å²) in [7, 11) is 0. The zero-order valence-corrected chi connectivity index (χ0v) is 8.33. The van der Waals surface area contributed by atoms with Gasteiger partial charge in [-0.05, 0) is 12.1 Å². The fourth-order valence-corrected chi connectivity index (χ4v) is 1.46. The van der Waals surface area contributed by atoms with Gasteiger partial charge in [-0.15, -0.1) is 0 Å². The van der Waals surface area contributed by atoms with E-state index in [9.17, 15) is 0 Å². The fourth-order valence-electron chi connectivity index (χ4n) is 1.46. The van der Waals surface area contributed by atoms with E-state index in [1.807, 2.05) is 24.3 Å². The summed E-state index contributed by atoms with van der Waals surface area (Å²) in [5, 5.41) is 0. The molecule has 0 aliphatic rings. The monoisotopic (exact) mass is 207 g/mol. The Hall–Kier alpha value is -2.36. The molecule has 4 heteroatoms. The van der Waals surface area contributed by atoms with Gasteiger partial charge in [-0.2, -0.15) is 0 Å². The molecular weight excluding hydrogens is 200 g/mol. The first-order chi connectivity index (χ1) is 7.93. The van der Waals surface area contributed by atoms with Gasteiger partial charge in [-0.25, -0.2) is 4.98 Å². The molecule has 2 heterocycles. The van der Waals surface area contributed by atoms with Crippen molar-refractivity contribution in [3.63, 3.8) is 0 Å². The van der Waals surface area contributed by atoms with Gasteiger partial charge in [-0.1, -0.05) is 12.1 Å². The van der Waals surface area contributed by atoms with E-state index in [0.29, 0.717) is 11.4 Å². The first kappa shape index (κ1) is 8.91. The predicted octanol–water partition coefficient (Wildman–Crippen LogP) is 1.89. The number of rotatable bonds is 1. The van der Waals surface area contributed by atoms with Crippen LogP contribution in [0.25, 0.3) is 22.4 Å². The highest BCUT2D eigenvalue weighted by Crippen LogP contribution is 2.15. The maximum absolute atomic E-state index is 4.45. The minimum Gasteiger partial charge on any atom is -0.252 e. The number of hydrogen-bond donors (Lipinski definition) is 0. The number of hydrogen-bond acceptors (Lipinski definition) is 4. The van der Waals surface area contributed by atoms with Crippen molar-refractivity contribution in [2.45, 2.75) is 0 Å². The first-order valence-electron chi connectivity index (χ1n) is 4.84. The summed E-state index contributed by atoms with van der Waals surface area (Å²) in [5.41, 5.74) is 3.02. The number of nitrogens with zero attached hydrogens (tertiary/aromatic N) is 4. The predicted molar refractivity (Wildman–Crippen MR) is 59.4 cm³/mol. The summed E-state index contributed by atoms with van der Waals surface area (Å²) in [4.78, 5) is 16.8. The molecule has 0 N–H and O–H groups in total. The van der Waals surface area contributed by atoms with Crippen molar-refractivity contribution in [3.8, 4) is 11.4 Å². The van der Waals surface area contributed by atoms with Crippen LogP contribution in [-0.2, 0) is 0 Å². The minimum atomic E-state index is 0.612. The molecule has 0 saturated heterocycles. The molecule has 75 valence electrons. The Bertz CT molecular complexity index is 622. The van der Waals surface area contributed by atoms with Crippen LogP contribution in [-0.4, -0.2) is 19.9 Å². The fraction of sp³-hybridized carbons (Fsp3) is 0. The molecule has 0 bridgehead atoms. The van der Waals surface area contributed by atoms with Gasteiger partial charge in [0.2, 0.25) is 0 Å². The van der Waals surface area contributed by atoms with E-state index in [1.165, 1.54) is 0 Å². The van der Waals surface area contributed by atoms with Crippen LogP contribution in [0.4, 0.5) is 0 Å². The highest BCUT2D eigenvalue weighted by molar-refractivity contribution is 5.76. The molecular formula is C12H7N4. The molecule has 0 saturated carbocycles. The second kappa shape index (κ2) is 3.66. The van der Waals surface area contributed by atoms with Crippen molar-refractivity contribution in [1.82, 2.24) is 19.9 Å². The molecule has 0 aliphatic heterocycles. The third-order valence-electron chi connectivity index (χ3n) is 2.21. The van der Waals surface area contributed by atoms with Crippen molar-refractivity contribution in [3.05, 3.63) is 49.1 Å². The summed E-state index contributed by atoms with van der Waals surface area (Å²) in [6, 6.07) is 7.71. The molecule has 0 unspecified atom stereocenters. The van der Waals surface area contributed by atoms with E-state index >= 15 is 0 Å². The first-order valence-corrected chi connectivity index (χ1v) is 4.84. The lowest BCUT2D eigenvalue weighted by molar-refractivity contribution is 1.16. The standard InChI is InChI=1S/C12H7N4/c1-2-4-10-9(3-1)15-8-12(16-10)11-7-13-5-6-14-11/h1-6,8H. The van der Waals surface area contributed by atoms with Crippen molar-refractivity contribution in [1.29, 1.82) is 0 Å². The van der Waals surface area contributed by atoms with E-state index in [0.717, 1.165) is 11.0 Å². The van der Waals surface area contributed by atoms with E-state index < -0.39 is 0 Å². The molecule has 0 atom stereocenters. The maximum atomic E-state index is 4.45. The van der Waals surface area contributed by atoms with Crippen LogP contribution in [0, 0.1) is 6.20 Å². The van der Waals surface area contributed by atoms with Gasteiger partial charge >= 0.3 is 0 Å². The molecule has 1 radical (unpaired) electrons. The average molecular weight is 207 g/mol.